The predicted molar refractivity (Wildman–Crippen MR) is 105 cm³/mol. The lowest BCUT2D eigenvalue weighted by Gasteiger charge is -2.18. The molecule has 27 heavy (non-hydrogen) atoms. The van der Waals surface area contributed by atoms with Crippen molar-refractivity contribution in [2.45, 2.75) is 6.10 Å². The predicted octanol–water partition coefficient (Wildman–Crippen LogP) is 4.87. The minimum Gasteiger partial charge on any atom is -0.443 e. The first kappa shape index (κ1) is 19.0. The van der Waals surface area contributed by atoms with Crippen molar-refractivity contribution in [1.82, 2.24) is 4.57 Å². The minimum atomic E-state index is -1.13. The molecule has 1 heterocycles. The van der Waals surface area contributed by atoms with Gasteiger partial charge in [-0.2, -0.15) is 0 Å². The van der Waals surface area contributed by atoms with Gasteiger partial charge in [0.2, 0.25) is 6.10 Å². The molecule has 138 valence electrons. The number of aryl methyl sites for hydroxylation is 1. The summed E-state index contributed by atoms with van der Waals surface area (Å²) in [4.78, 5) is 25.4. The van der Waals surface area contributed by atoms with Gasteiger partial charge in [-0.1, -0.05) is 53.5 Å². The number of aromatic nitrogens is 1. The molecule has 7 heteroatoms. The van der Waals surface area contributed by atoms with Crippen LogP contribution in [0.25, 0.3) is 0 Å². The molecule has 3 rings (SSSR count). The Labute approximate surface area is 166 Å². The smallest absolute Gasteiger partial charge is 0.356 e. The third-order valence-electron chi connectivity index (χ3n) is 3.85. The normalized spacial score (nSPS) is 11.7. The first-order valence-electron chi connectivity index (χ1n) is 8.08. The number of halogens is 2. The largest absolute Gasteiger partial charge is 0.443 e. The van der Waals surface area contributed by atoms with Crippen molar-refractivity contribution in [1.29, 1.82) is 0 Å². The van der Waals surface area contributed by atoms with Gasteiger partial charge in [0.25, 0.3) is 5.91 Å². The Bertz CT molecular complexity index is 950. The van der Waals surface area contributed by atoms with Gasteiger partial charge in [-0.05, 0) is 30.3 Å². The summed E-state index contributed by atoms with van der Waals surface area (Å²) >= 11 is 12.0. The molecule has 0 aliphatic heterocycles. The van der Waals surface area contributed by atoms with Crippen molar-refractivity contribution in [3.63, 3.8) is 0 Å². The number of carbonyl (C=O) groups is 2. The fraction of sp³-hybridized carbons (Fsp3) is 0.100. The molecule has 1 amide bonds. The fourth-order valence-electron chi connectivity index (χ4n) is 2.58. The van der Waals surface area contributed by atoms with Crippen molar-refractivity contribution >= 4 is 40.8 Å². The Hall–Kier alpha value is -2.76. The number of ether oxygens (including phenoxy) is 1. The van der Waals surface area contributed by atoms with E-state index in [1.165, 1.54) is 0 Å². The Balaban J connectivity index is 1.86. The number of anilines is 1. The zero-order valence-electron chi connectivity index (χ0n) is 14.4. The molecule has 1 aromatic heterocycles. The van der Waals surface area contributed by atoms with Gasteiger partial charge in [-0.15, -0.1) is 0 Å². The molecular weight excluding hydrogens is 387 g/mol. The summed E-state index contributed by atoms with van der Waals surface area (Å²) in [5.74, 6) is -1.11. The van der Waals surface area contributed by atoms with Crippen LogP contribution in [-0.4, -0.2) is 16.4 Å². The Morgan fingerprint density at radius 1 is 1.00 bits per heavy atom. The monoisotopic (exact) mass is 402 g/mol. The maximum Gasteiger partial charge on any atom is 0.356 e. The van der Waals surface area contributed by atoms with Crippen LogP contribution in [0.3, 0.4) is 0 Å². The van der Waals surface area contributed by atoms with Gasteiger partial charge >= 0.3 is 5.97 Å². The number of esters is 1. The SMILES string of the molecule is Cn1cccc1C(=O)O[C@@H](C(=O)Nc1cc(Cl)cc(Cl)c1)c1ccccc1. The third kappa shape index (κ3) is 4.70. The highest BCUT2D eigenvalue weighted by molar-refractivity contribution is 6.35. The molecule has 1 N–H and O–H groups in total. The van der Waals surface area contributed by atoms with E-state index in [-0.39, 0.29) is 0 Å². The number of nitrogens with zero attached hydrogens (tertiary/aromatic N) is 1. The molecule has 5 nitrogen and oxygen atoms in total. The number of carbonyl (C=O) groups excluding carboxylic acids is 2. The molecule has 0 unspecified atom stereocenters. The lowest BCUT2D eigenvalue weighted by atomic mass is 10.1. The van der Waals surface area contributed by atoms with E-state index < -0.39 is 18.0 Å². The zero-order chi connectivity index (χ0) is 19.4. The first-order valence-corrected chi connectivity index (χ1v) is 8.84. The minimum absolute atomic E-state index is 0.342. The van der Waals surface area contributed by atoms with Crippen LogP contribution in [0.1, 0.15) is 22.2 Å². The highest BCUT2D eigenvalue weighted by Gasteiger charge is 2.26. The van der Waals surface area contributed by atoms with Crippen LogP contribution >= 0.6 is 23.2 Å². The summed E-state index contributed by atoms with van der Waals surface area (Å²) in [6.07, 6.45) is 0.591. The Morgan fingerprint density at radius 2 is 1.67 bits per heavy atom. The maximum atomic E-state index is 12.8. The standard InChI is InChI=1S/C20H16Cl2N2O3/c1-24-9-5-8-17(24)20(26)27-18(13-6-3-2-4-7-13)19(25)23-16-11-14(21)10-15(22)12-16/h2-12,18H,1H3,(H,23,25)/t18-/m1/s1. The van der Waals surface area contributed by atoms with Gasteiger partial charge in [0.15, 0.2) is 0 Å². The van der Waals surface area contributed by atoms with Crippen molar-refractivity contribution in [3.05, 3.63) is 88.2 Å². The molecule has 0 bridgehead atoms. The number of hydrogen-bond acceptors (Lipinski definition) is 3. The Morgan fingerprint density at radius 3 is 2.26 bits per heavy atom. The van der Waals surface area contributed by atoms with Crippen LogP contribution < -0.4 is 5.32 Å². The summed E-state index contributed by atoms with van der Waals surface area (Å²) in [5.41, 5.74) is 1.30. The summed E-state index contributed by atoms with van der Waals surface area (Å²) in [6, 6.07) is 16.8. The quantitative estimate of drug-likeness (QED) is 0.619. The van der Waals surface area contributed by atoms with E-state index in [4.69, 9.17) is 27.9 Å². The van der Waals surface area contributed by atoms with E-state index in [0.29, 0.717) is 27.0 Å². The molecule has 0 fully saturated rings. The van der Waals surface area contributed by atoms with Gasteiger partial charge in [0.05, 0.1) is 0 Å². The number of hydrogen-bond donors (Lipinski definition) is 1. The second kappa shape index (κ2) is 8.29. The van der Waals surface area contributed by atoms with E-state index in [1.54, 1.807) is 72.4 Å². The number of amides is 1. The van der Waals surface area contributed by atoms with Gasteiger partial charge in [-0.25, -0.2) is 4.79 Å². The van der Waals surface area contributed by atoms with Gasteiger partial charge in [0, 0.05) is 34.5 Å². The molecule has 0 radical (unpaired) electrons. The Kier molecular flexibility index (Phi) is 5.84. The van der Waals surface area contributed by atoms with E-state index in [9.17, 15) is 9.59 Å². The van der Waals surface area contributed by atoms with Crippen LogP contribution in [0.2, 0.25) is 10.0 Å². The highest BCUT2D eigenvalue weighted by atomic mass is 35.5. The van der Waals surface area contributed by atoms with E-state index >= 15 is 0 Å². The topological polar surface area (TPSA) is 60.3 Å². The molecule has 0 spiro atoms. The van der Waals surface area contributed by atoms with Gasteiger partial charge in [-0.3, -0.25) is 4.79 Å². The summed E-state index contributed by atoms with van der Waals surface area (Å²) in [6.45, 7) is 0. The maximum absolute atomic E-state index is 12.8. The molecule has 0 saturated carbocycles. The van der Waals surface area contributed by atoms with Crippen LogP contribution in [-0.2, 0) is 16.6 Å². The van der Waals surface area contributed by atoms with Crippen LogP contribution in [0.5, 0.6) is 0 Å². The van der Waals surface area contributed by atoms with Crippen molar-refractivity contribution in [2.75, 3.05) is 5.32 Å². The van der Waals surface area contributed by atoms with E-state index in [2.05, 4.69) is 5.32 Å². The third-order valence-corrected chi connectivity index (χ3v) is 4.28. The molecule has 1 atom stereocenters. The molecule has 0 saturated heterocycles. The summed E-state index contributed by atoms with van der Waals surface area (Å²) in [5, 5.41) is 3.46. The average Bonchev–Trinajstić information content (AvgIpc) is 3.05. The molecule has 0 aliphatic rings. The second-order valence-corrected chi connectivity index (χ2v) is 6.72. The van der Waals surface area contributed by atoms with Gasteiger partial charge in [0.1, 0.15) is 5.69 Å². The fourth-order valence-corrected chi connectivity index (χ4v) is 3.10. The summed E-state index contributed by atoms with van der Waals surface area (Å²) < 4.78 is 7.14. The highest BCUT2D eigenvalue weighted by Crippen LogP contribution is 2.25. The number of rotatable bonds is 5. The molecule has 0 aliphatic carbocycles. The number of benzene rings is 2. The van der Waals surface area contributed by atoms with Crippen LogP contribution in [0.4, 0.5) is 5.69 Å². The zero-order valence-corrected chi connectivity index (χ0v) is 15.9. The lowest BCUT2D eigenvalue weighted by molar-refractivity contribution is -0.125. The molecule has 2 aromatic carbocycles. The van der Waals surface area contributed by atoms with Crippen LogP contribution in [0.15, 0.2) is 66.9 Å². The second-order valence-electron chi connectivity index (χ2n) is 5.85. The van der Waals surface area contributed by atoms with E-state index in [0.717, 1.165) is 0 Å². The first-order chi connectivity index (χ1) is 12.9. The van der Waals surface area contributed by atoms with E-state index in [1.807, 2.05) is 6.07 Å². The van der Waals surface area contributed by atoms with Gasteiger partial charge < -0.3 is 14.6 Å². The van der Waals surface area contributed by atoms with Crippen molar-refractivity contribution in [2.24, 2.45) is 7.05 Å². The number of nitrogens with one attached hydrogen (secondary N) is 1. The summed E-state index contributed by atoms with van der Waals surface area (Å²) in [7, 11) is 1.72. The van der Waals surface area contributed by atoms with Crippen molar-refractivity contribution in [3.8, 4) is 0 Å². The lowest BCUT2D eigenvalue weighted by Crippen LogP contribution is -2.26. The van der Waals surface area contributed by atoms with Crippen molar-refractivity contribution < 1.29 is 14.3 Å². The average molecular weight is 403 g/mol. The molecule has 3 aromatic rings. The van der Waals surface area contributed by atoms with Crippen LogP contribution in [0, 0.1) is 0 Å². The molecular formula is C20H16Cl2N2O3.